The van der Waals surface area contributed by atoms with Crippen LogP contribution in [0.25, 0.3) is 0 Å². The van der Waals surface area contributed by atoms with Gasteiger partial charge in [-0.15, -0.1) is 0 Å². The molecule has 0 unspecified atom stereocenters. The van der Waals surface area contributed by atoms with E-state index >= 15 is 0 Å². The fraction of sp³-hybridized carbons (Fsp3) is 0.200. The molecule has 0 aliphatic heterocycles. The molecule has 5 nitrogen and oxygen atoms in total. The van der Waals surface area contributed by atoms with Crippen LogP contribution in [0.4, 0.5) is 10.1 Å². The van der Waals surface area contributed by atoms with Gasteiger partial charge in [0.2, 0.25) is 5.56 Å². The molecule has 0 bridgehead atoms. The Morgan fingerprint density at radius 2 is 2.05 bits per heavy atom. The Morgan fingerprint density at radius 1 is 1.29 bits per heavy atom. The summed E-state index contributed by atoms with van der Waals surface area (Å²) in [7, 11) is 0. The first-order valence-corrected chi connectivity index (χ1v) is 6.58. The van der Waals surface area contributed by atoms with Crippen molar-refractivity contribution in [3.8, 4) is 0 Å². The molecule has 1 amide bonds. The number of nitrogens with two attached hydrogens (primary N) is 1. The third-order valence-corrected chi connectivity index (χ3v) is 3.00. The summed E-state index contributed by atoms with van der Waals surface area (Å²) in [5, 5.41) is 0. The van der Waals surface area contributed by atoms with Crippen LogP contribution in [-0.2, 0) is 0 Å². The summed E-state index contributed by atoms with van der Waals surface area (Å²) in [6.07, 6.45) is 1.92. The van der Waals surface area contributed by atoms with Gasteiger partial charge >= 0.3 is 0 Å². The molecule has 1 aromatic carbocycles. The quantitative estimate of drug-likeness (QED) is 0.875. The Bertz CT molecular complexity index is 684. The van der Waals surface area contributed by atoms with E-state index in [1.807, 2.05) is 0 Å². The third kappa shape index (κ3) is 3.55. The van der Waals surface area contributed by atoms with Gasteiger partial charge in [-0.25, -0.2) is 4.39 Å². The Hall–Kier alpha value is -2.47. The molecule has 0 atom stereocenters. The molecule has 6 heteroatoms. The summed E-state index contributed by atoms with van der Waals surface area (Å²) < 4.78 is 13.9. The largest absolute Gasteiger partial charge is 0.330 e. The molecule has 3 N–H and O–H groups in total. The topological polar surface area (TPSA) is 79.2 Å². The van der Waals surface area contributed by atoms with Gasteiger partial charge in [0.25, 0.3) is 5.91 Å². The fourth-order valence-electron chi connectivity index (χ4n) is 1.98. The van der Waals surface area contributed by atoms with Crippen LogP contribution in [0.3, 0.4) is 0 Å². The molecule has 0 radical (unpaired) electrons. The van der Waals surface area contributed by atoms with Crippen molar-refractivity contribution in [3.63, 3.8) is 0 Å². The van der Waals surface area contributed by atoms with E-state index in [0.29, 0.717) is 13.0 Å². The van der Waals surface area contributed by atoms with E-state index in [1.54, 1.807) is 12.1 Å². The zero-order chi connectivity index (χ0) is 15.2. The van der Waals surface area contributed by atoms with E-state index in [9.17, 15) is 14.0 Å². The minimum atomic E-state index is -0.493. The summed E-state index contributed by atoms with van der Waals surface area (Å²) in [4.78, 5) is 27.6. The monoisotopic (exact) mass is 289 g/mol. The minimum Gasteiger partial charge on any atom is -0.330 e. The van der Waals surface area contributed by atoms with E-state index in [-0.39, 0.29) is 23.4 Å². The lowest BCUT2D eigenvalue weighted by Crippen LogP contribution is -2.34. The zero-order valence-corrected chi connectivity index (χ0v) is 11.4. The van der Waals surface area contributed by atoms with Crippen LogP contribution in [-0.4, -0.2) is 24.0 Å². The van der Waals surface area contributed by atoms with Crippen molar-refractivity contribution in [2.45, 2.75) is 6.42 Å². The zero-order valence-electron chi connectivity index (χ0n) is 11.4. The van der Waals surface area contributed by atoms with Gasteiger partial charge in [0, 0.05) is 24.4 Å². The Morgan fingerprint density at radius 3 is 2.71 bits per heavy atom. The Balaban J connectivity index is 2.38. The number of aromatic nitrogens is 1. The summed E-state index contributed by atoms with van der Waals surface area (Å²) in [5.74, 6) is -0.924. The van der Waals surface area contributed by atoms with Gasteiger partial charge in [-0.3, -0.25) is 9.59 Å². The number of amides is 1. The molecule has 0 saturated heterocycles. The number of hydrogen-bond donors (Lipinski definition) is 2. The maximum Gasteiger partial charge on any atom is 0.258 e. The Kier molecular flexibility index (Phi) is 4.84. The number of rotatable bonds is 5. The average molecular weight is 289 g/mol. The number of carbonyl (C=O) groups excluding carboxylic acids is 1. The highest BCUT2D eigenvalue weighted by atomic mass is 19.1. The number of carbonyl (C=O) groups is 1. The highest BCUT2D eigenvalue weighted by Crippen LogP contribution is 2.20. The van der Waals surface area contributed by atoms with Crippen molar-refractivity contribution in [1.82, 2.24) is 4.98 Å². The molecule has 1 aromatic heterocycles. The molecule has 21 heavy (non-hydrogen) atoms. The highest BCUT2D eigenvalue weighted by molar-refractivity contribution is 6.06. The molecule has 2 rings (SSSR count). The van der Waals surface area contributed by atoms with Gasteiger partial charge in [-0.1, -0.05) is 12.1 Å². The van der Waals surface area contributed by atoms with E-state index in [0.717, 1.165) is 0 Å². The molecule has 2 aromatic rings. The summed E-state index contributed by atoms with van der Waals surface area (Å²) in [6.45, 7) is 0.663. The van der Waals surface area contributed by atoms with Gasteiger partial charge in [-0.05, 0) is 31.2 Å². The number of hydrogen-bond acceptors (Lipinski definition) is 3. The molecule has 0 aliphatic carbocycles. The number of nitrogens with one attached hydrogen (secondary N) is 1. The van der Waals surface area contributed by atoms with Crippen LogP contribution < -0.4 is 16.2 Å². The van der Waals surface area contributed by atoms with Crippen LogP contribution in [0.5, 0.6) is 0 Å². The number of H-pyrrole nitrogens is 1. The smallest absolute Gasteiger partial charge is 0.258 e. The number of aromatic amines is 1. The number of anilines is 1. The van der Waals surface area contributed by atoms with Gasteiger partial charge < -0.3 is 15.6 Å². The molecule has 0 spiro atoms. The first-order chi connectivity index (χ1) is 10.1. The van der Waals surface area contributed by atoms with Crippen LogP contribution in [0.1, 0.15) is 16.8 Å². The van der Waals surface area contributed by atoms with Crippen molar-refractivity contribution in [2.24, 2.45) is 5.73 Å². The van der Waals surface area contributed by atoms with Crippen LogP contribution in [0.15, 0.2) is 47.4 Å². The number of benzene rings is 1. The highest BCUT2D eigenvalue weighted by Gasteiger charge is 2.20. The third-order valence-electron chi connectivity index (χ3n) is 3.00. The predicted octanol–water partition coefficient (Wildman–Crippen LogP) is 1.51. The molecule has 1 heterocycles. The standard InChI is InChI=1S/C15H16FN3O2/c16-12-4-1-2-5-13(12)19(9-3-7-17)15(21)11-6-8-18-14(20)10-11/h1-2,4-6,8,10H,3,7,9,17H2,(H,18,20). The maximum absolute atomic E-state index is 13.9. The van der Waals surface area contributed by atoms with E-state index in [1.165, 1.54) is 35.4 Å². The van der Waals surface area contributed by atoms with Crippen molar-refractivity contribution < 1.29 is 9.18 Å². The normalized spacial score (nSPS) is 10.4. The second kappa shape index (κ2) is 6.81. The van der Waals surface area contributed by atoms with E-state index in [2.05, 4.69) is 4.98 Å². The number of para-hydroxylation sites is 1. The fourth-order valence-corrected chi connectivity index (χ4v) is 1.98. The van der Waals surface area contributed by atoms with E-state index < -0.39 is 11.7 Å². The Labute approximate surface area is 121 Å². The van der Waals surface area contributed by atoms with E-state index in [4.69, 9.17) is 5.73 Å². The average Bonchev–Trinajstić information content (AvgIpc) is 2.49. The lowest BCUT2D eigenvalue weighted by Gasteiger charge is -2.23. The summed E-state index contributed by atoms with van der Waals surface area (Å²) in [5.41, 5.74) is 5.47. The SMILES string of the molecule is NCCCN(C(=O)c1cc[nH]c(=O)c1)c1ccccc1F. The minimum absolute atomic E-state index is 0.177. The second-order valence-electron chi connectivity index (χ2n) is 4.49. The molecule has 0 saturated carbocycles. The predicted molar refractivity (Wildman–Crippen MR) is 78.8 cm³/mol. The molecular formula is C15H16FN3O2. The van der Waals surface area contributed by atoms with Crippen molar-refractivity contribution in [2.75, 3.05) is 18.0 Å². The molecule has 0 fully saturated rings. The number of halogens is 1. The maximum atomic E-state index is 13.9. The first kappa shape index (κ1) is 14.9. The first-order valence-electron chi connectivity index (χ1n) is 6.58. The van der Waals surface area contributed by atoms with Crippen molar-refractivity contribution >= 4 is 11.6 Å². The molecule has 110 valence electrons. The van der Waals surface area contributed by atoms with Crippen LogP contribution >= 0.6 is 0 Å². The lowest BCUT2D eigenvalue weighted by molar-refractivity contribution is 0.0985. The summed E-state index contributed by atoms with van der Waals surface area (Å²) >= 11 is 0. The lowest BCUT2D eigenvalue weighted by atomic mass is 10.2. The van der Waals surface area contributed by atoms with Crippen LogP contribution in [0, 0.1) is 5.82 Å². The van der Waals surface area contributed by atoms with Crippen molar-refractivity contribution in [1.29, 1.82) is 0 Å². The number of nitrogens with zero attached hydrogens (tertiary/aromatic N) is 1. The number of pyridine rings is 1. The van der Waals surface area contributed by atoms with Gasteiger partial charge in [0.1, 0.15) is 5.82 Å². The molecular weight excluding hydrogens is 273 g/mol. The van der Waals surface area contributed by atoms with Crippen molar-refractivity contribution in [3.05, 3.63) is 64.3 Å². The van der Waals surface area contributed by atoms with Gasteiger partial charge in [-0.2, -0.15) is 0 Å². The second-order valence-corrected chi connectivity index (χ2v) is 4.49. The van der Waals surface area contributed by atoms with Crippen LogP contribution in [0.2, 0.25) is 0 Å². The van der Waals surface area contributed by atoms with Gasteiger partial charge in [0.15, 0.2) is 0 Å². The molecule has 0 aliphatic rings. The summed E-state index contributed by atoms with van der Waals surface area (Å²) in [6, 6.07) is 8.70. The van der Waals surface area contributed by atoms with Gasteiger partial charge in [0.05, 0.1) is 5.69 Å².